The molecule has 30 heavy (non-hydrogen) atoms. The van der Waals surface area contributed by atoms with Crippen molar-refractivity contribution < 1.29 is 14.7 Å². The Balaban J connectivity index is 1.48. The molecule has 5 nitrogen and oxygen atoms in total. The SMILES string of the molecule is C[C@](O)(CNC(=O)C(=O)NCCC1=CCCCC1)c1ccc(-c2ccccc2)cc1. The van der Waals surface area contributed by atoms with Gasteiger partial charge in [0.05, 0.1) is 6.54 Å². The molecule has 0 bridgehead atoms. The molecule has 0 saturated heterocycles. The molecule has 158 valence electrons. The normalized spacial score (nSPS) is 15.6. The highest BCUT2D eigenvalue weighted by molar-refractivity contribution is 6.35. The molecule has 0 heterocycles. The van der Waals surface area contributed by atoms with Crippen LogP contribution in [0.5, 0.6) is 0 Å². The van der Waals surface area contributed by atoms with Crippen LogP contribution in [0.4, 0.5) is 0 Å². The Hall–Kier alpha value is -2.92. The minimum absolute atomic E-state index is 0.0465. The lowest BCUT2D eigenvalue weighted by Gasteiger charge is -2.24. The Bertz CT molecular complexity index is 886. The minimum atomic E-state index is -1.28. The summed E-state index contributed by atoms with van der Waals surface area (Å²) in [4.78, 5) is 24.1. The fraction of sp³-hybridized carbons (Fsp3) is 0.360. The Morgan fingerprint density at radius 2 is 1.60 bits per heavy atom. The molecule has 5 heteroatoms. The van der Waals surface area contributed by atoms with Crippen LogP contribution in [0, 0.1) is 0 Å². The summed E-state index contributed by atoms with van der Waals surface area (Å²) in [5.74, 6) is -1.39. The largest absolute Gasteiger partial charge is 0.384 e. The molecule has 0 saturated carbocycles. The fourth-order valence-corrected chi connectivity index (χ4v) is 3.64. The molecule has 1 atom stereocenters. The van der Waals surface area contributed by atoms with E-state index in [-0.39, 0.29) is 6.54 Å². The second-order valence-electron chi connectivity index (χ2n) is 8.01. The predicted molar refractivity (Wildman–Crippen MR) is 119 cm³/mol. The smallest absolute Gasteiger partial charge is 0.309 e. The molecule has 0 aromatic heterocycles. The van der Waals surface area contributed by atoms with Crippen molar-refractivity contribution in [1.82, 2.24) is 10.6 Å². The van der Waals surface area contributed by atoms with Crippen LogP contribution in [0.1, 0.15) is 44.6 Å². The number of amides is 2. The van der Waals surface area contributed by atoms with Crippen molar-refractivity contribution in [2.24, 2.45) is 0 Å². The van der Waals surface area contributed by atoms with Crippen LogP contribution in [0.3, 0.4) is 0 Å². The highest BCUT2D eigenvalue weighted by Crippen LogP contribution is 2.25. The molecule has 0 spiro atoms. The van der Waals surface area contributed by atoms with Gasteiger partial charge < -0.3 is 15.7 Å². The third-order valence-electron chi connectivity index (χ3n) is 5.53. The number of rotatable bonds is 7. The van der Waals surface area contributed by atoms with Gasteiger partial charge in [0, 0.05) is 6.54 Å². The monoisotopic (exact) mass is 406 g/mol. The quantitative estimate of drug-likeness (QED) is 0.485. The van der Waals surface area contributed by atoms with Crippen LogP contribution in [0.25, 0.3) is 11.1 Å². The maximum atomic E-state index is 12.1. The summed E-state index contributed by atoms with van der Waals surface area (Å²) >= 11 is 0. The van der Waals surface area contributed by atoms with Crippen LogP contribution < -0.4 is 10.6 Å². The van der Waals surface area contributed by atoms with Gasteiger partial charge in [0.15, 0.2) is 0 Å². The van der Waals surface area contributed by atoms with Crippen molar-refractivity contribution in [2.45, 2.75) is 44.6 Å². The van der Waals surface area contributed by atoms with Gasteiger partial charge >= 0.3 is 11.8 Å². The summed E-state index contributed by atoms with van der Waals surface area (Å²) in [5, 5.41) is 16.0. The Labute approximate surface area is 178 Å². The van der Waals surface area contributed by atoms with Gasteiger partial charge in [0.1, 0.15) is 5.60 Å². The van der Waals surface area contributed by atoms with E-state index in [1.165, 1.54) is 18.4 Å². The van der Waals surface area contributed by atoms with Crippen LogP contribution in [-0.2, 0) is 15.2 Å². The van der Waals surface area contributed by atoms with E-state index < -0.39 is 17.4 Å². The van der Waals surface area contributed by atoms with Crippen LogP contribution in [0.2, 0.25) is 0 Å². The number of aliphatic hydroxyl groups is 1. The van der Waals surface area contributed by atoms with E-state index in [1.54, 1.807) is 6.92 Å². The first-order chi connectivity index (χ1) is 14.5. The molecular weight excluding hydrogens is 376 g/mol. The third-order valence-corrected chi connectivity index (χ3v) is 5.53. The van der Waals surface area contributed by atoms with Gasteiger partial charge in [-0.3, -0.25) is 9.59 Å². The van der Waals surface area contributed by atoms with E-state index >= 15 is 0 Å². The Morgan fingerprint density at radius 1 is 0.933 bits per heavy atom. The fourth-order valence-electron chi connectivity index (χ4n) is 3.64. The summed E-state index contributed by atoms with van der Waals surface area (Å²) in [6, 6.07) is 17.5. The summed E-state index contributed by atoms with van der Waals surface area (Å²) < 4.78 is 0. The zero-order valence-corrected chi connectivity index (χ0v) is 17.5. The van der Waals surface area contributed by atoms with Crippen molar-refractivity contribution >= 4 is 11.8 Å². The van der Waals surface area contributed by atoms with Crippen molar-refractivity contribution in [3.63, 3.8) is 0 Å². The average molecular weight is 407 g/mol. The predicted octanol–water partition coefficient (Wildman–Crippen LogP) is 3.68. The van der Waals surface area contributed by atoms with Crippen LogP contribution in [-0.4, -0.2) is 30.0 Å². The number of carbonyl (C=O) groups is 2. The van der Waals surface area contributed by atoms with Crippen molar-refractivity contribution in [3.8, 4) is 11.1 Å². The molecule has 1 aliphatic carbocycles. The summed E-state index contributed by atoms with van der Waals surface area (Å²) in [6.45, 7) is 2.03. The number of hydrogen-bond donors (Lipinski definition) is 3. The van der Waals surface area contributed by atoms with Gasteiger partial charge in [-0.15, -0.1) is 0 Å². The molecule has 0 fully saturated rings. The number of hydrogen-bond acceptors (Lipinski definition) is 3. The van der Waals surface area contributed by atoms with E-state index in [4.69, 9.17) is 0 Å². The van der Waals surface area contributed by atoms with Gasteiger partial charge in [-0.25, -0.2) is 0 Å². The van der Waals surface area contributed by atoms with E-state index in [9.17, 15) is 14.7 Å². The van der Waals surface area contributed by atoms with Crippen LogP contribution >= 0.6 is 0 Å². The summed E-state index contributed by atoms with van der Waals surface area (Å²) in [6.07, 6.45) is 7.62. The van der Waals surface area contributed by atoms with E-state index in [2.05, 4.69) is 16.7 Å². The molecule has 3 N–H and O–H groups in total. The van der Waals surface area contributed by atoms with E-state index in [0.717, 1.165) is 30.4 Å². The highest BCUT2D eigenvalue weighted by Gasteiger charge is 2.25. The molecule has 0 unspecified atom stereocenters. The van der Waals surface area contributed by atoms with E-state index in [0.29, 0.717) is 12.1 Å². The van der Waals surface area contributed by atoms with Gasteiger partial charge in [0.25, 0.3) is 0 Å². The van der Waals surface area contributed by atoms with Gasteiger partial charge in [-0.2, -0.15) is 0 Å². The minimum Gasteiger partial charge on any atom is -0.384 e. The lowest BCUT2D eigenvalue weighted by atomic mass is 9.93. The Morgan fingerprint density at radius 3 is 2.27 bits per heavy atom. The van der Waals surface area contributed by atoms with Gasteiger partial charge in [0.2, 0.25) is 0 Å². The maximum Gasteiger partial charge on any atom is 0.309 e. The van der Waals surface area contributed by atoms with Gasteiger partial charge in [-0.1, -0.05) is 66.2 Å². The van der Waals surface area contributed by atoms with Crippen molar-refractivity contribution in [2.75, 3.05) is 13.1 Å². The van der Waals surface area contributed by atoms with Crippen molar-refractivity contribution in [3.05, 3.63) is 71.8 Å². The zero-order chi connectivity index (χ0) is 21.4. The number of carbonyl (C=O) groups excluding carboxylic acids is 2. The average Bonchev–Trinajstić information content (AvgIpc) is 2.79. The molecule has 0 aliphatic heterocycles. The van der Waals surface area contributed by atoms with E-state index in [1.807, 2.05) is 54.6 Å². The topological polar surface area (TPSA) is 78.4 Å². The zero-order valence-electron chi connectivity index (χ0n) is 17.5. The first-order valence-electron chi connectivity index (χ1n) is 10.6. The molecule has 1 aliphatic rings. The number of benzene rings is 2. The molecular formula is C25H30N2O3. The molecule has 2 amide bonds. The highest BCUT2D eigenvalue weighted by atomic mass is 16.3. The van der Waals surface area contributed by atoms with Crippen molar-refractivity contribution in [1.29, 1.82) is 0 Å². The molecule has 3 rings (SSSR count). The Kier molecular flexibility index (Phi) is 7.41. The second-order valence-corrected chi connectivity index (χ2v) is 8.01. The van der Waals surface area contributed by atoms with Gasteiger partial charge in [-0.05, 0) is 55.7 Å². The lowest BCUT2D eigenvalue weighted by Crippen LogP contribution is -2.45. The molecule has 0 radical (unpaired) electrons. The third kappa shape index (κ3) is 6.04. The summed E-state index contributed by atoms with van der Waals surface area (Å²) in [7, 11) is 0. The number of allylic oxidation sites excluding steroid dienone is 1. The first-order valence-corrected chi connectivity index (χ1v) is 10.6. The second kappa shape index (κ2) is 10.2. The molecule has 2 aromatic rings. The molecule has 2 aromatic carbocycles. The first kappa shape index (κ1) is 21.8. The maximum absolute atomic E-state index is 12.1. The summed E-state index contributed by atoms with van der Waals surface area (Å²) in [5.41, 5.74) is 2.89. The standard InChI is InChI=1S/C25H30N2O3/c1-25(30,22-14-12-21(13-15-22)20-10-6-3-7-11-20)18-27-24(29)23(28)26-17-16-19-8-4-2-5-9-19/h3,6-8,10-15,30H,2,4-5,9,16-18H2,1H3,(H,26,28)(H,27,29)/t25-/m0/s1. The van der Waals surface area contributed by atoms with Crippen LogP contribution in [0.15, 0.2) is 66.2 Å². The number of nitrogens with one attached hydrogen (secondary N) is 2. The lowest BCUT2D eigenvalue weighted by molar-refractivity contribution is -0.139.